The molecule has 2 atom stereocenters. The lowest BCUT2D eigenvalue weighted by Crippen LogP contribution is -2.54. The molecule has 0 amide bonds. The molecular formula is C12H22N4. The van der Waals surface area contributed by atoms with Gasteiger partial charge < -0.3 is 9.88 Å². The SMILES string of the molecule is CCn1ccnc1CN1C(C)CNCC1C. The van der Waals surface area contributed by atoms with Gasteiger partial charge in [-0.25, -0.2) is 4.98 Å². The van der Waals surface area contributed by atoms with Crippen molar-refractivity contribution in [2.24, 2.45) is 0 Å². The van der Waals surface area contributed by atoms with Crippen molar-refractivity contribution in [2.75, 3.05) is 13.1 Å². The van der Waals surface area contributed by atoms with Crippen molar-refractivity contribution < 1.29 is 0 Å². The van der Waals surface area contributed by atoms with Crippen LogP contribution in [0.15, 0.2) is 12.4 Å². The lowest BCUT2D eigenvalue weighted by Gasteiger charge is -2.39. The summed E-state index contributed by atoms with van der Waals surface area (Å²) in [5.74, 6) is 1.18. The first-order valence-electron chi connectivity index (χ1n) is 6.18. The summed E-state index contributed by atoms with van der Waals surface area (Å²) in [6.45, 7) is 10.9. The first kappa shape index (κ1) is 11.6. The van der Waals surface area contributed by atoms with Crippen molar-refractivity contribution in [1.82, 2.24) is 19.8 Å². The Balaban J connectivity index is 2.07. The van der Waals surface area contributed by atoms with E-state index >= 15 is 0 Å². The minimum atomic E-state index is 0.589. The van der Waals surface area contributed by atoms with Crippen LogP contribution < -0.4 is 5.32 Å². The molecule has 1 aromatic heterocycles. The van der Waals surface area contributed by atoms with Gasteiger partial charge in [0.1, 0.15) is 5.82 Å². The normalized spacial score (nSPS) is 27.2. The number of aromatic nitrogens is 2. The molecule has 4 nitrogen and oxygen atoms in total. The van der Waals surface area contributed by atoms with E-state index in [1.165, 1.54) is 5.82 Å². The Morgan fingerprint density at radius 2 is 2.06 bits per heavy atom. The second-order valence-electron chi connectivity index (χ2n) is 4.66. The van der Waals surface area contributed by atoms with Crippen LogP contribution in [-0.2, 0) is 13.1 Å². The van der Waals surface area contributed by atoms with E-state index in [2.05, 4.69) is 46.7 Å². The van der Waals surface area contributed by atoms with Crippen molar-refractivity contribution in [2.45, 2.75) is 45.9 Å². The van der Waals surface area contributed by atoms with E-state index in [1.54, 1.807) is 0 Å². The molecule has 16 heavy (non-hydrogen) atoms. The molecule has 0 spiro atoms. The summed E-state index contributed by atoms with van der Waals surface area (Å²) in [6, 6.07) is 1.18. The van der Waals surface area contributed by atoms with Crippen LogP contribution in [0.2, 0.25) is 0 Å². The molecule has 1 aliphatic rings. The van der Waals surface area contributed by atoms with Gasteiger partial charge in [-0.1, -0.05) is 0 Å². The molecule has 2 rings (SSSR count). The van der Waals surface area contributed by atoms with Crippen LogP contribution in [0.3, 0.4) is 0 Å². The summed E-state index contributed by atoms with van der Waals surface area (Å²) in [6.07, 6.45) is 3.96. The van der Waals surface area contributed by atoms with Gasteiger partial charge in [-0.05, 0) is 20.8 Å². The highest BCUT2D eigenvalue weighted by Gasteiger charge is 2.25. The van der Waals surface area contributed by atoms with Crippen molar-refractivity contribution >= 4 is 0 Å². The Morgan fingerprint density at radius 1 is 1.38 bits per heavy atom. The Kier molecular flexibility index (Phi) is 3.61. The third-order valence-corrected chi connectivity index (χ3v) is 3.48. The fraction of sp³-hybridized carbons (Fsp3) is 0.750. The number of hydrogen-bond donors (Lipinski definition) is 1. The lowest BCUT2D eigenvalue weighted by atomic mass is 10.1. The van der Waals surface area contributed by atoms with E-state index in [0.717, 1.165) is 26.2 Å². The molecule has 0 radical (unpaired) electrons. The number of nitrogens with one attached hydrogen (secondary N) is 1. The summed E-state index contributed by atoms with van der Waals surface area (Å²) < 4.78 is 2.22. The summed E-state index contributed by atoms with van der Waals surface area (Å²) in [5.41, 5.74) is 0. The summed E-state index contributed by atoms with van der Waals surface area (Å²) in [5, 5.41) is 3.45. The monoisotopic (exact) mass is 222 g/mol. The van der Waals surface area contributed by atoms with Gasteiger partial charge in [0.05, 0.1) is 6.54 Å². The third kappa shape index (κ3) is 2.28. The molecule has 1 saturated heterocycles. The molecule has 0 bridgehead atoms. The van der Waals surface area contributed by atoms with Crippen LogP contribution in [0.1, 0.15) is 26.6 Å². The molecule has 1 aliphatic heterocycles. The number of aryl methyl sites for hydroxylation is 1. The molecule has 0 aromatic carbocycles. The molecule has 0 aliphatic carbocycles. The van der Waals surface area contributed by atoms with Crippen molar-refractivity contribution in [3.8, 4) is 0 Å². The van der Waals surface area contributed by atoms with Gasteiger partial charge in [-0.3, -0.25) is 4.90 Å². The second-order valence-corrected chi connectivity index (χ2v) is 4.66. The first-order valence-corrected chi connectivity index (χ1v) is 6.18. The van der Waals surface area contributed by atoms with Crippen LogP contribution in [0, 0.1) is 0 Å². The molecule has 1 fully saturated rings. The number of hydrogen-bond acceptors (Lipinski definition) is 3. The van der Waals surface area contributed by atoms with Gasteiger partial charge >= 0.3 is 0 Å². The Labute approximate surface area is 97.7 Å². The fourth-order valence-electron chi connectivity index (χ4n) is 2.42. The van der Waals surface area contributed by atoms with E-state index in [9.17, 15) is 0 Å². The minimum absolute atomic E-state index is 0.589. The number of piperazine rings is 1. The molecule has 2 unspecified atom stereocenters. The fourth-order valence-corrected chi connectivity index (χ4v) is 2.42. The smallest absolute Gasteiger partial charge is 0.122 e. The van der Waals surface area contributed by atoms with Gasteiger partial charge in [0, 0.05) is 44.1 Å². The highest BCUT2D eigenvalue weighted by Crippen LogP contribution is 2.13. The molecule has 2 heterocycles. The second kappa shape index (κ2) is 4.97. The molecule has 1 aromatic rings. The van der Waals surface area contributed by atoms with Crippen molar-refractivity contribution in [1.29, 1.82) is 0 Å². The van der Waals surface area contributed by atoms with Gasteiger partial charge in [0.15, 0.2) is 0 Å². The number of imidazole rings is 1. The zero-order chi connectivity index (χ0) is 11.5. The Hall–Kier alpha value is -0.870. The van der Waals surface area contributed by atoms with Gasteiger partial charge in [0.2, 0.25) is 0 Å². The average molecular weight is 222 g/mol. The van der Waals surface area contributed by atoms with E-state index in [0.29, 0.717) is 12.1 Å². The van der Waals surface area contributed by atoms with E-state index < -0.39 is 0 Å². The number of rotatable bonds is 3. The maximum atomic E-state index is 4.45. The van der Waals surface area contributed by atoms with E-state index in [1.807, 2.05) is 6.20 Å². The van der Waals surface area contributed by atoms with Crippen LogP contribution in [-0.4, -0.2) is 39.6 Å². The van der Waals surface area contributed by atoms with Crippen LogP contribution >= 0.6 is 0 Å². The van der Waals surface area contributed by atoms with Gasteiger partial charge in [0.25, 0.3) is 0 Å². The summed E-state index contributed by atoms with van der Waals surface area (Å²) in [4.78, 5) is 6.98. The standard InChI is InChI=1S/C12H22N4/c1-4-15-6-5-14-12(15)9-16-10(2)7-13-8-11(16)3/h5-6,10-11,13H,4,7-9H2,1-3H3. The Bertz CT molecular complexity index is 324. The average Bonchev–Trinajstić information content (AvgIpc) is 2.71. The van der Waals surface area contributed by atoms with Gasteiger partial charge in [-0.2, -0.15) is 0 Å². The lowest BCUT2D eigenvalue weighted by molar-refractivity contribution is 0.104. The largest absolute Gasteiger partial charge is 0.334 e. The molecular weight excluding hydrogens is 200 g/mol. The predicted octanol–water partition coefficient (Wildman–Crippen LogP) is 1.09. The maximum absolute atomic E-state index is 4.45. The van der Waals surface area contributed by atoms with Crippen LogP contribution in [0.4, 0.5) is 0 Å². The quantitative estimate of drug-likeness (QED) is 0.831. The van der Waals surface area contributed by atoms with E-state index in [4.69, 9.17) is 0 Å². The third-order valence-electron chi connectivity index (χ3n) is 3.48. The minimum Gasteiger partial charge on any atom is -0.334 e. The van der Waals surface area contributed by atoms with Crippen molar-refractivity contribution in [3.63, 3.8) is 0 Å². The number of nitrogens with zero attached hydrogens (tertiary/aromatic N) is 3. The zero-order valence-corrected chi connectivity index (χ0v) is 10.5. The first-order chi connectivity index (χ1) is 7.72. The van der Waals surface area contributed by atoms with Crippen LogP contribution in [0.5, 0.6) is 0 Å². The molecule has 4 heteroatoms. The molecule has 0 saturated carbocycles. The van der Waals surface area contributed by atoms with Gasteiger partial charge in [-0.15, -0.1) is 0 Å². The van der Waals surface area contributed by atoms with Crippen molar-refractivity contribution in [3.05, 3.63) is 18.2 Å². The molecule has 1 N–H and O–H groups in total. The highest BCUT2D eigenvalue weighted by atomic mass is 15.3. The Morgan fingerprint density at radius 3 is 2.69 bits per heavy atom. The predicted molar refractivity (Wildman–Crippen MR) is 65.2 cm³/mol. The van der Waals surface area contributed by atoms with E-state index in [-0.39, 0.29) is 0 Å². The zero-order valence-electron chi connectivity index (χ0n) is 10.5. The molecule has 90 valence electrons. The summed E-state index contributed by atoms with van der Waals surface area (Å²) >= 11 is 0. The summed E-state index contributed by atoms with van der Waals surface area (Å²) in [7, 11) is 0. The maximum Gasteiger partial charge on any atom is 0.122 e. The van der Waals surface area contributed by atoms with Crippen LogP contribution in [0.25, 0.3) is 0 Å². The highest BCUT2D eigenvalue weighted by molar-refractivity contribution is 4.95. The topological polar surface area (TPSA) is 33.1 Å².